The van der Waals surface area contributed by atoms with Crippen LogP contribution < -0.4 is 0 Å². The van der Waals surface area contributed by atoms with E-state index < -0.39 is 0 Å². The molecule has 140 valence electrons. The summed E-state index contributed by atoms with van der Waals surface area (Å²) in [7, 11) is 0. The molecule has 0 fully saturated rings. The molecular formula is C25H34O. The lowest BCUT2D eigenvalue weighted by atomic mass is 9.76. The largest absolute Gasteiger partial charge is 0.298 e. The first-order valence-electron chi connectivity index (χ1n) is 9.90. The van der Waals surface area contributed by atoms with Gasteiger partial charge in [0.15, 0.2) is 0 Å². The van der Waals surface area contributed by atoms with E-state index in [0.29, 0.717) is 5.78 Å². The molecule has 0 aromatic heterocycles. The van der Waals surface area contributed by atoms with Crippen LogP contribution in [0.2, 0.25) is 0 Å². The Morgan fingerprint density at radius 1 is 0.654 bits per heavy atom. The van der Waals surface area contributed by atoms with E-state index in [0.717, 1.165) is 12.8 Å². The molecule has 0 aliphatic rings. The zero-order valence-electron chi connectivity index (χ0n) is 17.8. The molecule has 2 unspecified atom stereocenters. The molecule has 2 aromatic rings. The average Bonchev–Trinajstić information content (AvgIpc) is 2.53. The standard InChI is InChI=1S/C25H34O/c1-9-21(23-17(5)11-15(3)12-18(23)6)25(26)22(10-2)24-19(7)13-16(4)14-20(24)8/h11-14,21-22H,9-10H2,1-8H3. The first-order valence-corrected chi connectivity index (χ1v) is 9.90. The van der Waals surface area contributed by atoms with Gasteiger partial charge in [0.2, 0.25) is 0 Å². The Morgan fingerprint density at radius 3 is 1.15 bits per heavy atom. The maximum absolute atomic E-state index is 13.7. The van der Waals surface area contributed by atoms with Gasteiger partial charge in [0.05, 0.1) is 0 Å². The van der Waals surface area contributed by atoms with Crippen molar-refractivity contribution in [3.8, 4) is 0 Å². The van der Waals surface area contributed by atoms with Crippen molar-refractivity contribution in [3.05, 3.63) is 68.8 Å². The molecule has 2 aromatic carbocycles. The summed E-state index contributed by atoms with van der Waals surface area (Å²) in [6, 6.07) is 8.84. The summed E-state index contributed by atoms with van der Waals surface area (Å²) in [5, 5.41) is 0. The van der Waals surface area contributed by atoms with Gasteiger partial charge in [0.25, 0.3) is 0 Å². The highest BCUT2D eigenvalue weighted by atomic mass is 16.1. The van der Waals surface area contributed by atoms with Crippen molar-refractivity contribution in [1.82, 2.24) is 0 Å². The third-order valence-corrected chi connectivity index (χ3v) is 5.68. The van der Waals surface area contributed by atoms with Crippen LogP contribution >= 0.6 is 0 Å². The van der Waals surface area contributed by atoms with Gasteiger partial charge in [0.1, 0.15) is 5.78 Å². The van der Waals surface area contributed by atoms with E-state index in [-0.39, 0.29) is 11.8 Å². The van der Waals surface area contributed by atoms with Crippen LogP contribution in [0.3, 0.4) is 0 Å². The van der Waals surface area contributed by atoms with E-state index in [1.54, 1.807) is 0 Å². The van der Waals surface area contributed by atoms with Crippen molar-refractivity contribution >= 4 is 5.78 Å². The average molecular weight is 351 g/mol. The summed E-state index contributed by atoms with van der Waals surface area (Å²) < 4.78 is 0. The van der Waals surface area contributed by atoms with E-state index in [9.17, 15) is 4.79 Å². The summed E-state index contributed by atoms with van der Waals surface area (Å²) in [6.07, 6.45) is 1.70. The molecule has 0 N–H and O–H groups in total. The number of carbonyl (C=O) groups is 1. The highest BCUT2D eigenvalue weighted by Crippen LogP contribution is 2.37. The van der Waals surface area contributed by atoms with Crippen molar-refractivity contribution in [2.24, 2.45) is 0 Å². The topological polar surface area (TPSA) is 17.1 Å². The summed E-state index contributed by atoms with van der Waals surface area (Å²) in [5.74, 6) is 0.321. The van der Waals surface area contributed by atoms with Crippen LogP contribution in [0.15, 0.2) is 24.3 Å². The number of hydrogen-bond donors (Lipinski definition) is 0. The van der Waals surface area contributed by atoms with Crippen molar-refractivity contribution in [2.45, 2.75) is 80.1 Å². The third-order valence-electron chi connectivity index (χ3n) is 5.68. The molecule has 0 radical (unpaired) electrons. The minimum absolute atomic E-state index is 0.0272. The van der Waals surface area contributed by atoms with Crippen LogP contribution in [0.25, 0.3) is 0 Å². The summed E-state index contributed by atoms with van der Waals surface area (Å²) in [4.78, 5) is 13.7. The number of ketones is 1. The van der Waals surface area contributed by atoms with E-state index in [1.165, 1.54) is 44.5 Å². The normalized spacial score (nSPS) is 13.5. The van der Waals surface area contributed by atoms with Gasteiger partial charge in [0, 0.05) is 11.8 Å². The lowest BCUT2D eigenvalue weighted by Crippen LogP contribution is -2.23. The highest BCUT2D eigenvalue weighted by Gasteiger charge is 2.30. The minimum atomic E-state index is -0.0272. The molecule has 0 amide bonds. The van der Waals surface area contributed by atoms with Gasteiger partial charge in [-0.15, -0.1) is 0 Å². The molecule has 0 spiro atoms. The van der Waals surface area contributed by atoms with E-state index in [1.807, 2.05) is 0 Å². The zero-order chi connectivity index (χ0) is 19.6. The number of carbonyl (C=O) groups excluding carboxylic acids is 1. The number of aryl methyl sites for hydroxylation is 6. The predicted octanol–water partition coefficient (Wildman–Crippen LogP) is 6.79. The van der Waals surface area contributed by atoms with Gasteiger partial charge in [-0.2, -0.15) is 0 Å². The Balaban J connectivity index is 2.54. The molecule has 0 aliphatic heterocycles. The van der Waals surface area contributed by atoms with Crippen LogP contribution in [0.1, 0.15) is 83.0 Å². The maximum Gasteiger partial charge on any atom is 0.147 e. The van der Waals surface area contributed by atoms with Gasteiger partial charge < -0.3 is 0 Å². The molecule has 1 heteroatoms. The minimum Gasteiger partial charge on any atom is -0.298 e. The van der Waals surface area contributed by atoms with Crippen LogP contribution in [-0.4, -0.2) is 5.78 Å². The molecule has 0 saturated heterocycles. The molecule has 0 saturated carbocycles. The lowest BCUT2D eigenvalue weighted by Gasteiger charge is -2.27. The lowest BCUT2D eigenvalue weighted by molar-refractivity contribution is -0.122. The van der Waals surface area contributed by atoms with Crippen LogP contribution in [0.4, 0.5) is 0 Å². The molecule has 1 nitrogen and oxygen atoms in total. The Morgan fingerprint density at radius 2 is 0.923 bits per heavy atom. The van der Waals surface area contributed by atoms with Crippen molar-refractivity contribution in [3.63, 3.8) is 0 Å². The van der Waals surface area contributed by atoms with Gasteiger partial charge >= 0.3 is 0 Å². The predicted molar refractivity (Wildman–Crippen MR) is 112 cm³/mol. The summed E-state index contributed by atoms with van der Waals surface area (Å²) in [5.41, 5.74) is 9.99. The zero-order valence-corrected chi connectivity index (χ0v) is 17.8. The Bertz CT molecular complexity index is 699. The SMILES string of the molecule is CCC(C(=O)C(CC)c1c(C)cc(C)cc1C)c1c(C)cc(C)cc1C. The highest BCUT2D eigenvalue weighted by molar-refractivity contribution is 5.93. The fourth-order valence-electron chi connectivity index (χ4n) is 4.82. The second-order valence-electron chi connectivity index (χ2n) is 7.95. The Hall–Kier alpha value is -1.89. The molecular weight excluding hydrogens is 316 g/mol. The van der Waals surface area contributed by atoms with Crippen LogP contribution in [0.5, 0.6) is 0 Å². The summed E-state index contributed by atoms with van der Waals surface area (Å²) >= 11 is 0. The second-order valence-corrected chi connectivity index (χ2v) is 7.95. The van der Waals surface area contributed by atoms with E-state index in [2.05, 4.69) is 79.7 Å². The van der Waals surface area contributed by atoms with E-state index in [4.69, 9.17) is 0 Å². The number of Topliss-reactive ketones (excluding diaryl/α,β-unsaturated/α-hetero) is 1. The smallest absolute Gasteiger partial charge is 0.147 e. The van der Waals surface area contributed by atoms with Crippen LogP contribution in [0, 0.1) is 41.5 Å². The number of rotatable bonds is 6. The third kappa shape index (κ3) is 3.92. The molecule has 0 heterocycles. The second kappa shape index (κ2) is 8.20. The fraction of sp³-hybridized carbons (Fsp3) is 0.480. The molecule has 2 rings (SSSR count). The van der Waals surface area contributed by atoms with Crippen molar-refractivity contribution in [2.75, 3.05) is 0 Å². The maximum atomic E-state index is 13.7. The number of benzene rings is 2. The molecule has 26 heavy (non-hydrogen) atoms. The Labute approximate surface area is 159 Å². The van der Waals surface area contributed by atoms with E-state index >= 15 is 0 Å². The summed E-state index contributed by atoms with van der Waals surface area (Å²) in [6.45, 7) is 17.1. The van der Waals surface area contributed by atoms with Gasteiger partial charge in [-0.3, -0.25) is 4.79 Å². The van der Waals surface area contributed by atoms with Gasteiger partial charge in [-0.25, -0.2) is 0 Å². The molecule has 2 atom stereocenters. The monoisotopic (exact) mass is 350 g/mol. The van der Waals surface area contributed by atoms with Gasteiger partial charge in [-0.05, 0) is 87.8 Å². The first-order chi connectivity index (χ1) is 12.2. The number of hydrogen-bond acceptors (Lipinski definition) is 1. The fourth-order valence-corrected chi connectivity index (χ4v) is 4.82. The van der Waals surface area contributed by atoms with Crippen LogP contribution in [-0.2, 0) is 4.79 Å². The van der Waals surface area contributed by atoms with Crippen molar-refractivity contribution in [1.29, 1.82) is 0 Å². The Kier molecular flexibility index (Phi) is 6.44. The van der Waals surface area contributed by atoms with Gasteiger partial charge in [-0.1, -0.05) is 49.2 Å². The van der Waals surface area contributed by atoms with Crippen molar-refractivity contribution < 1.29 is 4.79 Å². The quantitative estimate of drug-likeness (QED) is 0.560. The molecule has 0 bridgehead atoms. The first kappa shape index (κ1) is 20.4. The molecule has 0 aliphatic carbocycles.